The van der Waals surface area contributed by atoms with Crippen molar-refractivity contribution in [1.29, 1.82) is 0 Å². The molecular weight excluding hydrogens is 454 g/mol. The van der Waals surface area contributed by atoms with Crippen molar-refractivity contribution in [3.8, 4) is 0 Å². The Balaban J connectivity index is 2.64. The summed E-state index contributed by atoms with van der Waals surface area (Å²) in [4.78, 5) is 62.8. The van der Waals surface area contributed by atoms with Crippen LogP contribution in [0.4, 0.5) is 4.79 Å². The first kappa shape index (κ1) is 30.2. The molecule has 11 heteroatoms. The molecule has 11 nitrogen and oxygen atoms in total. The smallest absolute Gasteiger partial charge is 0.407 e. The van der Waals surface area contributed by atoms with E-state index in [1.807, 2.05) is 13.8 Å². The van der Waals surface area contributed by atoms with E-state index in [0.29, 0.717) is 45.2 Å². The highest BCUT2D eigenvalue weighted by atomic mass is 16.6. The van der Waals surface area contributed by atoms with E-state index in [4.69, 9.17) is 10.5 Å². The molecule has 0 bridgehead atoms. The third kappa shape index (κ3) is 11.4. The van der Waals surface area contributed by atoms with E-state index < -0.39 is 41.6 Å². The fraction of sp³-hybridized carbons (Fsp3) is 0.792. The Kier molecular flexibility index (Phi) is 12.0. The van der Waals surface area contributed by atoms with Crippen LogP contribution in [0.3, 0.4) is 0 Å². The molecule has 35 heavy (non-hydrogen) atoms. The van der Waals surface area contributed by atoms with Gasteiger partial charge in [0, 0.05) is 20.0 Å². The van der Waals surface area contributed by atoms with Crippen molar-refractivity contribution in [3.05, 3.63) is 0 Å². The number of nitrogens with zero attached hydrogens (tertiary/aromatic N) is 1. The third-order valence-corrected chi connectivity index (χ3v) is 5.55. The monoisotopic (exact) mass is 497 g/mol. The van der Waals surface area contributed by atoms with Crippen LogP contribution < -0.4 is 21.7 Å². The zero-order valence-electron chi connectivity index (χ0n) is 21.9. The molecule has 0 spiro atoms. The number of alkyl carbamates (subject to hydrolysis) is 1. The molecule has 0 aromatic rings. The van der Waals surface area contributed by atoms with E-state index in [2.05, 4.69) is 16.0 Å². The van der Waals surface area contributed by atoms with Crippen molar-refractivity contribution < 1.29 is 28.7 Å². The number of unbranched alkanes of at least 4 members (excludes halogenated alkanes) is 1. The second kappa shape index (κ2) is 13.9. The Hall–Kier alpha value is -2.85. The van der Waals surface area contributed by atoms with E-state index >= 15 is 0 Å². The maximum atomic E-state index is 13.0. The van der Waals surface area contributed by atoms with Crippen LogP contribution in [0.5, 0.6) is 0 Å². The van der Waals surface area contributed by atoms with Gasteiger partial charge >= 0.3 is 6.09 Å². The first-order valence-corrected chi connectivity index (χ1v) is 12.4. The molecule has 3 atom stereocenters. The number of carbonyl (C=O) groups is 5. The van der Waals surface area contributed by atoms with Gasteiger partial charge in [-0.2, -0.15) is 0 Å². The summed E-state index contributed by atoms with van der Waals surface area (Å²) in [6.07, 6.45) is 2.51. The van der Waals surface area contributed by atoms with Gasteiger partial charge in [-0.05, 0) is 65.2 Å². The highest BCUT2D eigenvalue weighted by Gasteiger charge is 2.35. The molecule has 0 aromatic heterocycles. The number of carbonyl (C=O) groups excluding carboxylic acids is 5. The average molecular weight is 498 g/mol. The normalized spacial score (nSPS) is 17.5. The number of likely N-dealkylation sites (tertiary alicyclic amines) is 1. The standard InChI is InChI=1S/C24H43N5O6/c1-15(2)14-18(28-22(33)19-11-9-13-29(19)16(3)30)21(32)27-17(20(25)31)10-7-8-12-26-23(34)35-24(4,5)6/h15,17-19H,7-14H2,1-6H3,(H2,25,31)(H,26,34)(H,27,32)(H,28,33)/t17-,18-,19-/m0/s1. The Bertz CT molecular complexity index is 764. The zero-order valence-corrected chi connectivity index (χ0v) is 21.9. The predicted molar refractivity (Wildman–Crippen MR) is 131 cm³/mol. The first-order valence-electron chi connectivity index (χ1n) is 12.4. The molecular formula is C24H43N5O6. The van der Waals surface area contributed by atoms with Gasteiger partial charge in [0.25, 0.3) is 0 Å². The van der Waals surface area contributed by atoms with Crippen molar-refractivity contribution >= 4 is 29.7 Å². The second-order valence-electron chi connectivity index (χ2n) is 10.4. The van der Waals surface area contributed by atoms with Crippen LogP contribution in [0.2, 0.25) is 0 Å². The van der Waals surface area contributed by atoms with Crippen molar-refractivity contribution in [1.82, 2.24) is 20.9 Å². The van der Waals surface area contributed by atoms with Crippen LogP contribution in [-0.2, 0) is 23.9 Å². The molecule has 1 fully saturated rings. The number of hydrogen-bond donors (Lipinski definition) is 4. The highest BCUT2D eigenvalue weighted by molar-refractivity contribution is 5.94. The Labute approximate surface area is 208 Å². The first-order chi connectivity index (χ1) is 16.2. The molecule has 1 saturated heterocycles. The summed E-state index contributed by atoms with van der Waals surface area (Å²) in [6, 6.07) is -2.36. The van der Waals surface area contributed by atoms with Crippen molar-refractivity contribution in [2.75, 3.05) is 13.1 Å². The van der Waals surface area contributed by atoms with Crippen molar-refractivity contribution in [3.63, 3.8) is 0 Å². The average Bonchev–Trinajstić information content (AvgIpc) is 3.20. The molecule has 200 valence electrons. The number of nitrogens with two attached hydrogens (primary N) is 1. The SMILES string of the molecule is CC(=O)N1CCC[C@H]1C(=O)N[C@@H](CC(C)C)C(=O)N[C@@H](CCCCNC(=O)OC(C)(C)C)C(N)=O. The number of amides is 5. The lowest BCUT2D eigenvalue weighted by Crippen LogP contribution is -2.56. The van der Waals surface area contributed by atoms with Crippen LogP contribution in [0, 0.1) is 5.92 Å². The molecule has 5 N–H and O–H groups in total. The van der Waals surface area contributed by atoms with E-state index in [9.17, 15) is 24.0 Å². The molecule has 0 aliphatic carbocycles. The number of nitrogens with one attached hydrogen (secondary N) is 3. The molecule has 0 saturated carbocycles. The van der Waals surface area contributed by atoms with Gasteiger partial charge in [0.1, 0.15) is 23.7 Å². The third-order valence-electron chi connectivity index (χ3n) is 5.55. The van der Waals surface area contributed by atoms with E-state index in [1.54, 1.807) is 20.8 Å². The molecule has 5 amide bonds. The van der Waals surface area contributed by atoms with E-state index in [-0.39, 0.29) is 17.7 Å². The largest absolute Gasteiger partial charge is 0.444 e. The topological polar surface area (TPSA) is 160 Å². The van der Waals surface area contributed by atoms with E-state index in [0.717, 1.165) is 6.42 Å². The minimum absolute atomic E-state index is 0.101. The van der Waals surface area contributed by atoms with Crippen LogP contribution in [0.15, 0.2) is 0 Å². The summed E-state index contributed by atoms with van der Waals surface area (Å²) in [7, 11) is 0. The number of ether oxygens (including phenoxy) is 1. The molecule has 1 heterocycles. The summed E-state index contributed by atoms with van der Waals surface area (Å²) < 4.78 is 5.17. The fourth-order valence-corrected chi connectivity index (χ4v) is 3.92. The Morgan fingerprint density at radius 2 is 1.71 bits per heavy atom. The summed E-state index contributed by atoms with van der Waals surface area (Å²) in [5.74, 6) is -1.61. The van der Waals surface area contributed by atoms with Gasteiger partial charge in [-0.25, -0.2) is 4.79 Å². The van der Waals surface area contributed by atoms with Gasteiger partial charge in [-0.1, -0.05) is 13.8 Å². The lowest BCUT2D eigenvalue weighted by molar-refractivity contribution is -0.138. The van der Waals surface area contributed by atoms with Crippen molar-refractivity contribution in [2.45, 2.75) is 104 Å². The summed E-state index contributed by atoms with van der Waals surface area (Å²) in [6.45, 7) is 11.5. The predicted octanol–water partition coefficient (Wildman–Crippen LogP) is 1.19. The molecule has 0 unspecified atom stereocenters. The molecule has 0 radical (unpaired) electrons. The molecule has 1 aliphatic heterocycles. The second-order valence-corrected chi connectivity index (χ2v) is 10.4. The van der Waals surface area contributed by atoms with Gasteiger partial charge in [0.2, 0.25) is 23.6 Å². The molecule has 1 rings (SSSR count). The van der Waals surface area contributed by atoms with Crippen LogP contribution in [0.1, 0.15) is 80.1 Å². The van der Waals surface area contributed by atoms with Crippen molar-refractivity contribution in [2.24, 2.45) is 11.7 Å². The Morgan fingerprint density at radius 1 is 1.06 bits per heavy atom. The van der Waals surface area contributed by atoms with Crippen LogP contribution >= 0.6 is 0 Å². The minimum Gasteiger partial charge on any atom is -0.444 e. The van der Waals surface area contributed by atoms with Crippen LogP contribution in [-0.4, -0.2) is 71.4 Å². The number of primary amides is 1. The fourth-order valence-electron chi connectivity index (χ4n) is 3.92. The maximum Gasteiger partial charge on any atom is 0.407 e. The van der Waals surface area contributed by atoms with Gasteiger partial charge in [0.15, 0.2) is 0 Å². The van der Waals surface area contributed by atoms with Gasteiger partial charge in [0.05, 0.1) is 0 Å². The number of hydrogen-bond acceptors (Lipinski definition) is 6. The van der Waals surface area contributed by atoms with Crippen LogP contribution in [0.25, 0.3) is 0 Å². The van der Waals surface area contributed by atoms with Gasteiger partial charge in [-0.3, -0.25) is 19.2 Å². The molecule has 0 aromatic carbocycles. The van der Waals surface area contributed by atoms with Gasteiger partial charge in [-0.15, -0.1) is 0 Å². The maximum absolute atomic E-state index is 13.0. The van der Waals surface area contributed by atoms with Gasteiger partial charge < -0.3 is 31.3 Å². The molecule has 1 aliphatic rings. The highest BCUT2D eigenvalue weighted by Crippen LogP contribution is 2.18. The number of rotatable bonds is 12. The summed E-state index contributed by atoms with van der Waals surface area (Å²) in [5.41, 5.74) is 4.91. The summed E-state index contributed by atoms with van der Waals surface area (Å²) >= 11 is 0. The zero-order chi connectivity index (χ0) is 26.8. The minimum atomic E-state index is -0.907. The lowest BCUT2D eigenvalue weighted by atomic mass is 10.0. The van der Waals surface area contributed by atoms with E-state index in [1.165, 1.54) is 11.8 Å². The summed E-state index contributed by atoms with van der Waals surface area (Å²) in [5, 5.41) is 8.07. The lowest BCUT2D eigenvalue weighted by Gasteiger charge is -2.27. The quantitative estimate of drug-likeness (QED) is 0.296. The Morgan fingerprint density at radius 3 is 2.26 bits per heavy atom.